The van der Waals surface area contributed by atoms with Crippen LogP contribution in [0.25, 0.3) is 0 Å². The highest BCUT2D eigenvalue weighted by Gasteiger charge is 2.39. The number of hydrogen-bond donors (Lipinski definition) is 2. The molecule has 2 aliphatic rings. The van der Waals surface area contributed by atoms with E-state index < -0.39 is 0 Å². The summed E-state index contributed by atoms with van der Waals surface area (Å²) in [7, 11) is 0. The van der Waals surface area contributed by atoms with Crippen molar-refractivity contribution in [1.29, 1.82) is 0 Å². The van der Waals surface area contributed by atoms with Gasteiger partial charge in [-0.25, -0.2) is 0 Å². The van der Waals surface area contributed by atoms with Gasteiger partial charge < -0.3 is 15.5 Å². The van der Waals surface area contributed by atoms with E-state index in [2.05, 4.69) is 21.7 Å². The van der Waals surface area contributed by atoms with E-state index in [9.17, 15) is 14.4 Å². The number of fused-ring (bicyclic) bond motifs is 1. The number of rotatable bonds is 6. The Morgan fingerprint density at radius 3 is 2.53 bits per heavy atom. The first-order chi connectivity index (χ1) is 17.6. The van der Waals surface area contributed by atoms with Crippen molar-refractivity contribution in [3.8, 4) is 0 Å². The van der Waals surface area contributed by atoms with Gasteiger partial charge in [0.25, 0.3) is 5.91 Å². The third-order valence-corrected chi connectivity index (χ3v) is 7.17. The highest BCUT2D eigenvalue weighted by molar-refractivity contribution is 6.04. The van der Waals surface area contributed by atoms with Gasteiger partial charge in [-0.05, 0) is 60.7 Å². The minimum Gasteiger partial charge on any atom is -0.352 e. The van der Waals surface area contributed by atoms with E-state index in [4.69, 9.17) is 0 Å². The van der Waals surface area contributed by atoms with Crippen LogP contribution in [0.15, 0.2) is 73.1 Å². The van der Waals surface area contributed by atoms with Crippen LogP contribution in [0.1, 0.15) is 47.2 Å². The maximum Gasteiger partial charge on any atom is 0.255 e. The van der Waals surface area contributed by atoms with Crippen molar-refractivity contribution in [1.82, 2.24) is 10.3 Å². The fraction of sp³-hybridized carbons (Fsp3) is 0.310. The zero-order valence-corrected chi connectivity index (χ0v) is 20.2. The maximum absolute atomic E-state index is 13.5. The van der Waals surface area contributed by atoms with Gasteiger partial charge in [0.05, 0.1) is 5.92 Å². The number of amides is 3. The Labute approximate surface area is 210 Å². The monoisotopic (exact) mass is 482 g/mol. The lowest BCUT2D eigenvalue weighted by molar-refractivity contribution is -0.135. The summed E-state index contributed by atoms with van der Waals surface area (Å²) in [6, 6.07) is 18.8. The van der Waals surface area contributed by atoms with Crippen LogP contribution in [0.4, 0.5) is 11.4 Å². The summed E-state index contributed by atoms with van der Waals surface area (Å²) < 4.78 is 0. The normalized spacial score (nSPS) is 18.8. The van der Waals surface area contributed by atoms with Crippen molar-refractivity contribution >= 4 is 29.1 Å². The topological polar surface area (TPSA) is 91.4 Å². The van der Waals surface area contributed by atoms with Gasteiger partial charge in [0.2, 0.25) is 11.8 Å². The van der Waals surface area contributed by atoms with Crippen LogP contribution in [0.3, 0.4) is 0 Å². The molecule has 1 saturated carbocycles. The molecule has 7 nitrogen and oxygen atoms in total. The predicted molar refractivity (Wildman–Crippen MR) is 138 cm³/mol. The Morgan fingerprint density at radius 2 is 1.69 bits per heavy atom. The van der Waals surface area contributed by atoms with Crippen LogP contribution in [-0.2, 0) is 22.6 Å². The molecule has 2 heterocycles. The molecule has 0 spiro atoms. The van der Waals surface area contributed by atoms with Crippen molar-refractivity contribution in [2.75, 3.05) is 16.8 Å². The highest BCUT2D eigenvalue weighted by Crippen LogP contribution is 2.36. The number of benzene rings is 2. The van der Waals surface area contributed by atoms with E-state index in [1.54, 1.807) is 24.5 Å². The summed E-state index contributed by atoms with van der Waals surface area (Å²) in [6.07, 6.45) is 7.40. The third-order valence-electron chi connectivity index (χ3n) is 7.17. The fourth-order valence-electron chi connectivity index (χ4n) is 5.29. The first kappa shape index (κ1) is 23.7. The quantitative estimate of drug-likeness (QED) is 0.547. The van der Waals surface area contributed by atoms with Gasteiger partial charge >= 0.3 is 0 Å². The van der Waals surface area contributed by atoms with Gasteiger partial charge in [-0.3, -0.25) is 19.4 Å². The van der Waals surface area contributed by atoms with Crippen LogP contribution in [0.2, 0.25) is 0 Å². The van der Waals surface area contributed by atoms with Gasteiger partial charge in [0, 0.05) is 48.3 Å². The molecule has 2 N–H and O–H groups in total. The summed E-state index contributed by atoms with van der Waals surface area (Å²) in [4.78, 5) is 45.0. The van der Waals surface area contributed by atoms with Crippen LogP contribution in [-0.4, -0.2) is 29.3 Å². The fourth-order valence-corrected chi connectivity index (χ4v) is 5.29. The van der Waals surface area contributed by atoms with Crippen molar-refractivity contribution in [2.45, 2.75) is 38.6 Å². The van der Waals surface area contributed by atoms with E-state index in [1.807, 2.05) is 47.4 Å². The molecule has 1 aromatic heterocycles. The number of anilines is 2. The van der Waals surface area contributed by atoms with E-state index in [0.29, 0.717) is 24.3 Å². The number of carbonyl (C=O) groups excluding carboxylic acids is 3. The molecule has 3 amide bonds. The van der Waals surface area contributed by atoms with Gasteiger partial charge in [-0.1, -0.05) is 43.2 Å². The maximum atomic E-state index is 13.5. The molecule has 0 radical (unpaired) electrons. The Bertz CT molecular complexity index is 1260. The van der Waals surface area contributed by atoms with Crippen LogP contribution in [0, 0.1) is 11.8 Å². The predicted octanol–water partition coefficient (Wildman–Crippen LogP) is 4.35. The average molecular weight is 483 g/mol. The Hall–Kier alpha value is -4.00. The summed E-state index contributed by atoms with van der Waals surface area (Å²) in [5, 5.41) is 5.93. The van der Waals surface area contributed by atoms with Crippen LogP contribution < -0.4 is 15.5 Å². The number of nitrogens with one attached hydrogen (secondary N) is 2. The van der Waals surface area contributed by atoms with Gasteiger partial charge in [-0.2, -0.15) is 0 Å². The second-order valence-corrected chi connectivity index (χ2v) is 9.47. The molecule has 7 heteroatoms. The summed E-state index contributed by atoms with van der Waals surface area (Å²) in [5.74, 6) is -0.845. The molecule has 0 bridgehead atoms. The molecule has 5 rings (SSSR count). The molecule has 2 unspecified atom stereocenters. The lowest BCUT2D eigenvalue weighted by Crippen LogP contribution is -2.45. The summed E-state index contributed by atoms with van der Waals surface area (Å²) in [6.45, 7) is 1.02. The molecule has 36 heavy (non-hydrogen) atoms. The summed E-state index contributed by atoms with van der Waals surface area (Å²) in [5.41, 5.74) is 4.23. The van der Waals surface area contributed by atoms with Crippen molar-refractivity contribution in [3.63, 3.8) is 0 Å². The molecule has 1 aliphatic heterocycles. The van der Waals surface area contributed by atoms with E-state index in [-0.39, 0.29) is 29.6 Å². The zero-order chi connectivity index (χ0) is 24.9. The van der Waals surface area contributed by atoms with E-state index in [0.717, 1.165) is 43.4 Å². The Balaban J connectivity index is 1.22. The zero-order valence-electron chi connectivity index (χ0n) is 20.2. The molecule has 1 aliphatic carbocycles. The first-order valence-corrected chi connectivity index (χ1v) is 12.6. The smallest absolute Gasteiger partial charge is 0.255 e. The molecule has 0 saturated heterocycles. The molecule has 184 valence electrons. The molecular weight excluding hydrogens is 452 g/mol. The number of nitrogens with zero attached hydrogens (tertiary/aromatic N) is 2. The Morgan fingerprint density at radius 1 is 0.917 bits per heavy atom. The molecule has 2 aromatic carbocycles. The highest BCUT2D eigenvalue weighted by atomic mass is 16.2. The summed E-state index contributed by atoms with van der Waals surface area (Å²) >= 11 is 0. The van der Waals surface area contributed by atoms with Crippen LogP contribution in [0.5, 0.6) is 0 Å². The van der Waals surface area contributed by atoms with Gasteiger partial charge in [-0.15, -0.1) is 0 Å². The van der Waals surface area contributed by atoms with E-state index in [1.165, 1.54) is 5.56 Å². The second kappa shape index (κ2) is 10.7. The molecule has 3 aromatic rings. The van der Waals surface area contributed by atoms with Crippen LogP contribution >= 0.6 is 0 Å². The van der Waals surface area contributed by atoms with Crippen molar-refractivity contribution in [2.24, 2.45) is 11.8 Å². The lowest BCUT2D eigenvalue weighted by Gasteiger charge is -2.32. The molecule has 1 fully saturated rings. The second-order valence-electron chi connectivity index (χ2n) is 9.47. The Kier molecular flexibility index (Phi) is 7.07. The average Bonchev–Trinajstić information content (AvgIpc) is 3.36. The third kappa shape index (κ3) is 5.15. The lowest BCUT2D eigenvalue weighted by atomic mass is 9.77. The molecular formula is C29H30N4O3. The number of hydrogen-bond acceptors (Lipinski definition) is 4. The van der Waals surface area contributed by atoms with E-state index >= 15 is 0 Å². The number of aromatic nitrogens is 1. The van der Waals surface area contributed by atoms with Crippen molar-refractivity contribution in [3.05, 3.63) is 89.7 Å². The van der Waals surface area contributed by atoms with Crippen molar-refractivity contribution < 1.29 is 14.4 Å². The standard InChI is InChI=1S/C29H30N4O3/c34-27(22-12-15-30-16-13-22)32-23-8-5-6-20(18-23)19-31-28(35)24-9-2-3-10-25(24)29(36)33-17-14-21-7-1-4-11-26(21)33/h1,4-8,11-13,15-16,18,24-25H,2-3,9-10,14,17,19H2,(H,31,35)(H,32,34). The number of carbonyl (C=O) groups is 3. The number of para-hydroxylation sites is 1. The largest absolute Gasteiger partial charge is 0.352 e. The minimum atomic E-state index is -0.325. The number of pyridine rings is 1. The minimum absolute atomic E-state index is 0.0700. The molecule has 2 atom stereocenters. The first-order valence-electron chi connectivity index (χ1n) is 12.6. The SMILES string of the molecule is O=C(Nc1cccc(CNC(=O)C2CCCCC2C(=O)N2CCc3ccccc32)c1)c1ccncc1. The van der Waals surface area contributed by atoms with Gasteiger partial charge in [0.1, 0.15) is 0 Å². The van der Waals surface area contributed by atoms with Gasteiger partial charge in [0.15, 0.2) is 0 Å².